The van der Waals surface area contributed by atoms with E-state index in [4.69, 9.17) is 9.15 Å². The van der Waals surface area contributed by atoms with Crippen LogP contribution in [0, 0.1) is 5.82 Å². The molecule has 30 heavy (non-hydrogen) atoms. The first kappa shape index (κ1) is 19.8. The largest absolute Gasteiger partial charge is 0.463 e. The summed E-state index contributed by atoms with van der Waals surface area (Å²) in [6.07, 6.45) is 1.52. The summed E-state index contributed by atoms with van der Waals surface area (Å²) in [7, 11) is 1.54. The first-order valence-corrected chi connectivity index (χ1v) is 9.43. The molecule has 2 amide bonds. The van der Waals surface area contributed by atoms with Gasteiger partial charge in [-0.15, -0.1) is 0 Å². The molecule has 2 aromatic heterocycles. The van der Waals surface area contributed by atoms with Gasteiger partial charge in [0.25, 0.3) is 5.91 Å². The highest BCUT2D eigenvalue weighted by Crippen LogP contribution is 2.34. The van der Waals surface area contributed by atoms with Crippen molar-refractivity contribution in [3.63, 3.8) is 0 Å². The summed E-state index contributed by atoms with van der Waals surface area (Å²) >= 11 is 0. The molecule has 0 unspecified atom stereocenters. The summed E-state index contributed by atoms with van der Waals surface area (Å²) in [6, 6.07) is 10.6. The summed E-state index contributed by atoms with van der Waals surface area (Å²) in [5, 5.41) is 7.27. The van der Waals surface area contributed by atoms with Gasteiger partial charge >= 0.3 is 0 Å². The monoisotopic (exact) mass is 412 g/mol. The Balaban J connectivity index is 1.77. The highest BCUT2D eigenvalue weighted by Gasteiger charge is 2.48. The number of amides is 2. The van der Waals surface area contributed by atoms with Gasteiger partial charge in [-0.2, -0.15) is 5.10 Å². The third-order valence-electron chi connectivity index (χ3n) is 5.09. The van der Waals surface area contributed by atoms with E-state index in [1.165, 1.54) is 47.2 Å². The second kappa shape index (κ2) is 7.75. The number of carbonyl (C=O) groups is 2. The maximum atomic E-state index is 13.5. The van der Waals surface area contributed by atoms with Crippen molar-refractivity contribution in [3.05, 3.63) is 60.2 Å². The fourth-order valence-corrected chi connectivity index (χ4v) is 3.58. The lowest BCUT2D eigenvalue weighted by Crippen LogP contribution is -2.64. The van der Waals surface area contributed by atoms with Gasteiger partial charge in [0.1, 0.15) is 22.7 Å². The summed E-state index contributed by atoms with van der Waals surface area (Å²) in [4.78, 5) is 28.0. The number of methoxy groups -OCH3 is 1. The molecule has 1 aromatic carbocycles. The van der Waals surface area contributed by atoms with Gasteiger partial charge in [0.15, 0.2) is 5.76 Å². The van der Waals surface area contributed by atoms with E-state index >= 15 is 0 Å². The molecule has 0 fully saturated rings. The minimum absolute atomic E-state index is 0.116. The number of anilines is 1. The molecule has 3 heterocycles. The number of hydrogen-bond acceptors (Lipinski definition) is 5. The molecular weight excluding hydrogens is 391 g/mol. The molecule has 1 atom stereocenters. The molecule has 0 radical (unpaired) electrons. The number of halogens is 1. The Morgan fingerprint density at radius 3 is 2.77 bits per heavy atom. The van der Waals surface area contributed by atoms with Crippen LogP contribution in [0.3, 0.4) is 0 Å². The normalized spacial score (nSPS) is 18.4. The minimum Gasteiger partial charge on any atom is -0.463 e. The number of hydrogen-bond donors (Lipinski definition) is 1. The summed E-state index contributed by atoms with van der Waals surface area (Å²) in [5.41, 5.74) is -0.0700. The molecule has 1 N–H and O–H groups in total. The average Bonchev–Trinajstić information content (AvgIpc) is 3.39. The van der Waals surface area contributed by atoms with Crippen molar-refractivity contribution < 1.29 is 23.1 Å². The van der Waals surface area contributed by atoms with E-state index in [1.54, 1.807) is 25.1 Å². The molecule has 156 valence electrons. The van der Waals surface area contributed by atoms with Crippen LogP contribution in [0.2, 0.25) is 0 Å². The van der Waals surface area contributed by atoms with E-state index in [2.05, 4.69) is 10.4 Å². The lowest BCUT2D eigenvalue weighted by Gasteiger charge is -2.43. The van der Waals surface area contributed by atoms with E-state index in [9.17, 15) is 14.0 Å². The van der Waals surface area contributed by atoms with Crippen LogP contribution < -0.4 is 10.2 Å². The van der Waals surface area contributed by atoms with Crippen LogP contribution in [-0.2, 0) is 16.1 Å². The van der Waals surface area contributed by atoms with E-state index in [0.29, 0.717) is 36.0 Å². The van der Waals surface area contributed by atoms with Gasteiger partial charge in [-0.1, -0.05) is 0 Å². The fourth-order valence-electron chi connectivity index (χ4n) is 3.58. The second-order valence-corrected chi connectivity index (χ2v) is 7.19. The van der Waals surface area contributed by atoms with Crippen LogP contribution in [0.1, 0.15) is 17.4 Å². The Morgan fingerprint density at radius 1 is 1.33 bits per heavy atom. The van der Waals surface area contributed by atoms with Crippen LogP contribution >= 0.6 is 0 Å². The topological polar surface area (TPSA) is 89.6 Å². The third-order valence-corrected chi connectivity index (χ3v) is 5.09. The summed E-state index contributed by atoms with van der Waals surface area (Å²) in [5.74, 6) is -0.690. The van der Waals surface area contributed by atoms with Gasteiger partial charge < -0.3 is 14.5 Å². The van der Waals surface area contributed by atoms with Gasteiger partial charge in [-0.25, -0.2) is 4.39 Å². The van der Waals surface area contributed by atoms with Gasteiger partial charge in [0.05, 0.1) is 19.4 Å². The maximum Gasteiger partial charge on any atom is 0.277 e. The first-order chi connectivity index (χ1) is 14.4. The number of ether oxygens (including phenoxy) is 1. The number of aromatic nitrogens is 2. The number of fused-ring (bicyclic) bond motifs is 1. The fraction of sp³-hybridized carbons (Fsp3) is 0.286. The molecule has 3 aromatic rings. The van der Waals surface area contributed by atoms with Crippen LogP contribution in [0.4, 0.5) is 10.1 Å². The number of furan rings is 1. The number of nitrogens with one attached hydrogen (secondary N) is 1. The molecule has 0 saturated carbocycles. The molecule has 8 nitrogen and oxygen atoms in total. The molecular formula is C21H21FN4O4. The minimum atomic E-state index is -1.29. The highest BCUT2D eigenvalue weighted by atomic mass is 19.1. The van der Waals surface area contributed by atoms with Gasteiger partial charge in [0, 0.05) is 25.4 Å². The first-order valence-electron chi connectivity index (χ1n) is 9.43. The molecule has 1 aliphatic rings. The van der Waals surface area contributed by atoms with Crippen molar-refractivity contribution in [2.75, 3.05) is 25.2 Å². The van der Waals surface area contributed by atoms with Crippen molar-refractivity contribution in [2.24, 2.45) is 0 Å². The lowest BCUT2D eigenvalue weighted by molar-refractivity contribution is -0.126. The predicted molar refractivity (Wildman–Crippen MR) is 106 cm³/mol. The van der Waals surface area contributed by atoms with Gasteiger partial charge in [-0.05, 0) is 43.3 Å². The van der Waals surface area contributed by atoms with Crippen LogP contribution in [0.25, 0.3) is 11.5 Å². The Bertz CT molecular complexity index is 1060. The molecule has 0 aliphatic carbocycles. The number of carbonyl (C=O) groups excluding carboxylic acids is 2. The van der Waals surface area contributed by atoms with Crippen LogP contribution in [0.5, 0.6) is 0 Å². The molecule has 0 saturated heterocycles. The van der Waals surface area contributed by atoms with E-state index in [1.807, 2.05) is 0 Å². The average molecular weight is 412 g/mol. The molecule has 9 heteroatoms. The van der Waals surface area contributed by atoms with E-state index in [0.717, 1.165) is 0 Å². The SMILES string of the molecule is COCCNC(=O)[C@@]1(C)Cn2nc(-c3ccco3)cc2C(=O)N1c1ccc(F)cc1. The van der Waals surface area contributed by atoms with Gasteiger partial charge in [-0.3, -0.25) is 19.2 Å². The summed E-state index contributed by atoms with van der Waals surface area (Å²) < 4.78 is 25.4. The number of nitrogens with zero attached hydrogens (tertiary/aromatic N) is 3. The third kappa shape index (κ3) is 3.37. The Kier molecular flexibility index (Phi) is 5.13. The van der Waals surface area contributed by atoms with Crippen molar-refractivity contribution >= 4 is 17.5 Å². The lowest BCUT2D eigenvalue weighted by atomic mass is 9.94. The van der Waals surface area contributed by atoms with Gasteiger partial charge in [0.2, 0.25) is 5.91 Å². The van der Waals surface area contributed by atoms with Crippen molar-refractivity contribution in [3.8, 4) is 11.5 Å². The molecule has 0 bridgehead atoms. The van der Waals surface area contributed by atoms with E-state index in [-0.39, 0.29) is 12.5 Å². The molecule has 1 aliphatic heterocycles. The Labute approximate surface area is 172 Å². The Morgan fingerprint density at radius 2 is 2.10 bits per heavy atom. The zero-order valence-corrected chi connectivity index (χ0v) is 16.6. The van der Waals surface area contributed by atoms with E-state index < -0.39 is 17.3 Å². The van der Waals surface area contributed by atoms with Crippen molar-refractivity contribution in [1.29, 1.82) is 0 Å². The molecule has 0 spiro atoms. The number of rotatable bonds is 6. The van der Waals surface area contributed by atoms with Crippen molar-refractivity contribution in [2.45, 2.75) is 19.0 Å². The smallest absolute Gasteiger partial charge is 0.277 e. The molecule has 4 rings (SSSR count). The van der Waals surface area contributed by atoms with Crippen molar-refractivity contribution in [1.82, 2.24) is 15.1 Å². The van der Waals surface area contributed by atoms with Crippen LogP contribution in [0.15, 0.2) is 53.1 Å². The van der Waals surface area contributed by atoms with Crippen LogP contribution in [-0.4, -0.2) is 47.4 Å². The Hall–Kier alpha value is -3.46. The zero-order valence-electron chi connectivity index (χ0n) is 16.6. The summed E-state index contributed by atoms with van der Waals surface area (Å²) in [6.45, 7) is 2.40. The number of benzene rings is 1. The maximum absolute atomic E-state index is 13.5. The second-order valence-electron chi connectivity index (χ2n) is 7.19. The zero-order chi connectivity index (χ0) is 21.3. The standard InChI is InChI=1S/C21H21FN4O4/c1-21(20(28)23-9-11-29-2)13-25-17(12-16(24-25)18-4-3-10-30-18)19(27)26(21)15-7-5-14(22)6-8-15/h3-8,10,12H,9,11,13H2,1-2H3,(H,23,28)/t21-/m1/s1. The predicted octanol–water partition coefficient (Wildman–Crippen LogP) is 2.46. The highest BCUT2D eigenvalue weighted by molar-refractivity contribution is 6.12. The quantitative estimate of drug-likeness (QED) is 0.629.